The first-order chi connectivity index (χ1) is 35.4. The number of likely N-dealkylation sites (tertiary alicyclic amines) is 1. The van der Waals surface area contributed by atoms with E-state index in [4.69, 9.17) is 21.2 Å². The molecule has 4 amide bonds. The van der Waals surface area contributed by atoms with Crippen LogP contribution in [0, 0.1) is 34.8 Å². The molecule has 16 nitrogen and oxygen atoms in total. The fourth-order valence-electron chi connectivity index (χ4n) is 11.9. The summed E-state index contributed by atoms with van der Waals surface area (Å²) in [5, 5.41) is 23.4. The number of hydrogen-bond acceptors (Lipinski definition) is 12. The molecule has 3 atom stereocenters. The zero-order valence-corrected chi connectivity index (χ0v) is 42.1. The lowest BCUT2D eigenvalue weighted by Crippen LogP contribution is -2.51. The van der Waals surface area contributed by atoms with Crippen molar-refractivity contribution in [2.75, 3.05) is 51.3 Å². The average Bonchev–Trinajstić information content (AvgIpc) is 3.95. The Bertz CT molecular complexity index is 3330. The van der Waals surface area contributed by atoms with Crippen LogP contribution in [0.4, 0.5) is 14.6 Å². The van der Waals surface area contributed by atoms with Crippen LogP contribution in [0.3, 0.4) is 0 Å². The Balaban J connectivity index is 0.739. The van der Waals surface area contributed by atoms with Gasteiger partial charge in [0.05, 0.1) is 34.7 Å². The summed E-state index contributed by atoms with van der Waals surface area (Å²) in [5.74, 6) is 0.409. The third-order valence-corrected chi connectivity index (χ3v) is 16.1. The number of piperidine rings is 2. The van der Waals surface area contributed by atoms with Crippen molar-refractivity contribution in [2.24, 2.45) is 17.9 Å². The monoisotopic (exact) mass is 1010 g/mol. The highest BCUT2D eigenvalue weighted by Crippen LogP contribution is 2.47. The van der Waals surface area contributed by atoms with Crippen LogP contribution in [0.25, 0.3) is 43.8 Å². The predicted molar refractivity (Wildman–Crippen MR) is 274 cm³/mol. The van der Waals surface area contributed by atoms with Gasteiger partial charge < -0.3 is 29.9 Å². The van der Waals surface area contributed by atoms with E-state index in [0.717, 1.165) is 55.0 Å². The van der Waals surface area contributed by atoms with Crippen molar-refractivity contribution in [3.05, 3.63) is 77.1 Å². The summed E-state index contributed by atoms with van der Waals surface area (Å²) in [4.78, 5) is 71.9. The molecule has 1 saturated carbocycles. The number of anilines is 1. The topological polar surface area (TPSA) is 188 Å². The number of nitrogens with zero attached hydrogens (tertiary/aromatic N) is 8. The molecule has 3 aromatic carbocycles. The Morgan fingerprint density at radius 3 is 2.46 bits per heavy atom. The molecular formula is C56H60F2N10O6. The Labute approximate surface area is 427 Å². The van der Waals surface area contributed by atoms with E-state index in [1.165, 1.54) is 30.5 Å². The van der Waals surface area contributed by atoms with Gasteiger partial charge in [-0.25, -0.2) is 8.78 Å². The number of phenols is 1. The van der Waals surface area contributed by atoms with E-state index in [1.807, 2.05) is 31.9 Å². The number of imide groups is 1. The van der Waals surface area contributed by atoms with Gasteiger partial charge in [0, 0.05) is 106 Å². The molecule has 2 bridgehead atoms. The number of fused-ring (bicyclic) bond motifs is 5. The highest BCUT2D eigenvalue weighted by Gasteiger charge is 2.46. The first-order valence-corrected chi connectivity index (χ1v) is 25.7. The summed E-state index contributed by atoms with van der Waals surface area (Å²) in [6.45, 7) is 7.01. The number of aromatic nitrogens is 5. The van der Waals surface area contributed by atoms with Gasteiger partial charge in [-0.3, -0.25) is 34.2 Å². The Hall–Kier alpha value is -7.26. The minimum Gasteiger partial charge on any atom is -0.508 e. The van der Waals surface area contributed by atoms with E-state index in [2.05, 4.69) is 43.6 Å². The fourth-order valence-corrected chi connectivity index (χ4v) is 11.9. The van der Waals surface area contributed by atoms with Crippen molar-refractivity contribution < 1.29 is 37.8 Å². The number of terminal acetylenes is 1. The number of piperazine rings is 1. The Kier molecular flexibility index (Phi) is 12.5. The van der Waals surface area contributed by atoms with Crippen molar-refractivity contribution in [2.45, 2.75) is 102 Å². The summed E-state index contributed by atoms with van der Waals surface area (Å²) in [7, 11) is 3.64. The smallest absolute Gasteiger partial charge is 0.319 e. The molecular weight excluding hydrogens is 947 g/mol. The van der Waals surface area contributed by atoms with Crippen molar-refractivity contribution in [3.8, 4) is 35.4 Å². The number of hydrogen-bond donors (Lipinski definition) is 3. The fraction of sp³-hybridized carbons (Fsp3) is 0.464. The molecule has 18 heteroatoms. The van der Waals surface area contributed by atoms with Gasteiger partial charge in [0.2, 0.25) is 23.6 Å². The average molecular weight is 1010 g/mol. The van der Waals surface area contributed by atoms with Gasteiger partial charge in [-0.1, -0.05) is 38.0 Å². The SMILES string of the molecule is C#Cc1c(F)ccc2cc(O)cc(-c3ncc4c(N5CC6CCC(C5)N6)nc(OCC5(CN(C)C(=O)CC(C)(C)CC(=O)N6CCC(c7ccc8c(C9CCC(=O)NC9=O)nn(C)c8c7)CC6)CC5)nc4c3F)c12. The third kappa shape index (κ3) is 9.35. The van der Waals surface area contributed by atoms with E-state index in [9.17, 15) is 24.3 Å². The zero-order chi connectivity index (χ0) is 51.8. The van der Waals surface area contributed by atoms with Gasteiger partial charge in [0.15, 0.2) is 5.82 Å². The number of aryl methyl sites for hydroxylation is 1. The molecule has 74 heavy (non-hydrogen) atoms. The van der Waals surface area contributed by atoms with Gasteiger partial charge in [-0.2, -0.15) is 15.1 Å². The summed E-state index contributed by atoms with van der Waals surface area (Å²) >= 11 is 0. The number of ether oxygens (including phenoxy) is 1. The van der Waals surface area contributed by atoms with Crippen molar-refractivity contribution in [1.82, 2.24) is 45.2 Å². The molecule has 5 aliphatic rings. The van der Waals surface area contributed by atoms with E-state index in [-0.39, 0.29) is 112 Å². The van der Waals surface area contributed by atoms with Gasteiger partial charge in [-0.05, 0) is 91.5 Å². The van der Waals surface area contributed by atoms with Crippen LogP contribution in [0.15, 0.2) is 48.7 Å². The van der Waals surface area contributed by atoms with E-state index in [1.54, 1.807) is 16.6 Å². The Morgan fingerprint density at radius 2 is 1.74 bits per heavy atom. The standard InChI is InChI=1S/C56H60F2N10O6/c1-6-37-42(57)13-8-33-21-36(69)23-40(47(33)37)50-48(58)51-41(26-59-50)52(68-27-34-9-10-35(28-68)60-34)63-54(62-51)74-30-56(17-18-56)29-65(4)45(71)24-55(2,3)25-46(72)67-19-15-31(16-20-67)32-7-11-38-43(22-32)66(5)64-49(38)39-12-14-44(70)61-53(39)73/h1,7-8,11,13,21-23,26,31,34-35,39,60,69H,9-10,12,14-20,24-25,27-30H2,2-5H3,(H,61,70,73). The minimum absolute atomic E-state index is 0.0235. The molecule has 3 unspecified atom stereocenters. The second kappa shape index (κ2) is 18.9. The van der Waals surface area contributed by atoms with Crippen molar-refractivity contribution in [1.29, 1.82) is 0 Å². The molecule has 11 rings (SSSR count). The maximum atomic E-state index is 17.2. The van der Waals surface area contributed by atoms with Crippen LogP contribution >= 0.6 is 0 Å². The molecule has 4 saturated heterocycles. The number of carbonyl (C=O) groups excluding carboxylic acids is 4. The van der Waals surface area contributed by atoms with Crippen LogP contribution in [-0.2, 0) is 26.2 Å². The number of amides is 4. The maximum absolute atomic E-state index is 17.2. The van der Waals surface area contributed by atoms with Crippen LogP contribution < -0.4 is 20.3 Å². The summed E-state index contributed by atoms with van der Waals surface area (Å²) in [5.41, 5.74) is 1.63. The zero-order valence-electron chi connectivity index (χ0n) is 42.1. The molecule has 7 heterocycles. The molecule has 5 fully saturated rings. The quantitative estimate of drug-likeness (QED) is 0.0797. The number of aromatic hydroxyl groups is 1. The van der Waals surface area contributed by atoms with Gasteiger partial charge >= 0.3 is 6.01 Å². The van der Waals surface area contributed by atoms with E-state index < -0.39 is 23.0 Å². The van der Waals surface area contributed by atoms with Crippen LogP contribution in [0.2, 0.25) is 0 Å². The number of pyridine rings is 1. The lowest BCUT2D eigenvalue weighted by Gasteiger charge is -2.35. The molecule has 1 aliphatic carbocycles. The van der Waals surface area contributed by atoms with E-state index in [0.29, 0.717) is 61.4 Å². The Morgan fingerprint density at radius 1 is 0.986 bits per heavy atom. The summed E-state index contributed by atoms with van der Waals surface area (Å²) in [6, 6.07) is 12.2. The van der Waals surface area contributed by atoms with Crippen molar-refractivity contribution in [3.63, 3.8) is 0 Å². The first kappa shape index (κ1) is 49.0. The number of carbonyl (C=O) groups is 4. The first-order valence-electron chi connectivity index (χ1n) is 25.7. The number of halogens is 2. The predicted octanol–water partition coefficient (Wildman–Crippen LogP) is 6.99. The molecule has 0 radical (unpaired) electrons. The van der Waals surface area contributed by atoms with E-state index >= 15 is 8.78 Å². The number of nitrogens with one attached hydrogen (secondary N) is 2. The largest absolute Gasteiger partial charge is 0.508 e. The molecule has 384 valence electrons. The highest BCUT2D eigenvalue weighted by atomic mass is 19.1. The van der Waals surface area contributed by atoms with Crippen LogP contribution in [0.1, 0.15) is 107 Å². The molecule has 0 spiro atoms. The highest BCUT2D eigenvalue weighted by molar-refractivity contribution is 6.04. The number of benzene rings is 3. The summed E-state index contributed by atoms with van der Waals surface area (Å²) in [6.07, 6.45) is 13.6. The maximum Gasteiger partial charge on any atom is 0.319 e. The van der Waals surface area contributed by atoms with Crippen LogP contribution in [-0.4, -0.2) is 122 Å². The second-order valence-electron chi connectivity index (χ2n) is 22.2. The second-order valence-corrected chi connectivity index (χ2v) is 22.2. The normalized spacial score (nSPS) is 20.8. The third-order valence-electron chi connectivity index (χ3n) is 16.1. The lowest BCUT2D eigenvalue weighted by molar-refractivity contribution is -0.137. The minimum atomic E-state index is -0.797. The number of phenolic OH excluding ortho intramolecular Hbond substituents is 1. The van der Waals surface area contributed by atoms with Crippen molar-refractivity contribution >= 4 is 62.0 Å². The van der Waals surface area contributed by atoms with Gasteiger partial charge in [0.1, 0.15) is 28.6 Å². The van der Waals surface area contributed by atoms with Crippen LogP contribution in [0.5, 0.6) is 11.8 Å². The molecule has 4 aliphatic heterocycles. The molecule has 3 N–H and O–H groups in total. The van der Waals surface area contributed by atoms with Gasteiger partial charge in [-0.15, -0.1) is 6.42 Å². The summed E-state index contributed by atoms with van der Waals surface area (Å²) < 4.78 is 40.4. The molecule has 3 aromatic heterocycles. The lowest BCUT2D eigenvalue weighted by atomic mass is 9.83. The molecule has 6 aromatic rings. The van der Waals surface area contributed by atoms with Gasteiger partial charge in [0.25, 0.3) is 0 Å². The number of rotatable bonds is 13.